The van der Waals surface area contributed by atoms with Crippen molar-refractivity contribution < 1.29 is 0 Å². The van der Waals surface area contributed by atoms with Crippen LogP contribution in [-0.4, -0.2) is 26.1 Å². The quantitative estimate of drug-likeness (QED) is 0.689. The molecule has 0 bridgehead atoms. The minimum absolute atomic E-state index is 0.0897. The lowest BCUT2D eigenvalue weighted by atomic mass is 10.0. The van der Waals surface area contributed by atoms with Gasteiger partial charge in [0.2, 0.25) is 0 Å². The maximum absolute atomic E-state index is 5.83. The Hall–Kier alpha value is -2.66. The number of aryl methyl sites for hydroxylation is 1. The van der Waals surface area contributed by atoms with E-state index in [9.17, 15) is 0 Å². The second-order valence-corrected chi connectivity index (χ2v) is 7.07. The molecule has 1 aliphatic heterocycles. The molecule has 1 atom stereocenters. The summed E-state index contributed by atoms with van der Waals surface area (Å²) in [7, 11) is 0. The van der Waals surface area contributed by atoms with Crippen molar-refractivity contribution in [3.8, 4) is 0 Å². The maximum Gasteiger partial charge on any atom is 0.174 e. The number of benzene rings is 1. The Labute approximate surface area is 159 Å². The highest BCUT2D eigenvalue weighted by Gasteiger charge is 2.30. The van der Waals surface area contributed by atoms with E-state index in [1.165, 1.54) is 22.4 Å². The molecular weight excluding hydrogens is 340 g/mol. The first-order valence-electron chi connectivity index (χ1n) is 8.84. The van der Waals surface area contributed by atoms with Crippen molar-refractivity contribution in [3.05, 3.63) is 83.4 Å². The highest BCUT2D eigenvalue weighted by atomic mass is 32.1. The standard InChI is InChI=1S/C21H22N4S/c1-15-5-3-6-18(16(15)2)23-21(26)25-14-13-24-12-4-7-19(24)20(25)17-8-10-22-11-9-17/h3-12,20H,13-14H2,1-2H3,(H,23,26)/t20-/m1/s1. The number of thiocarbonyl (C=S) groups is 1. The average molecular weight is 363 g/mol. The van der Waals surface area contributed by atoms with Crippen molar-refractivity contribution in [1.82, 2.24) is 14.5 Å². The Morgan fingerprint density at radius 3 is 2.69 bits per heavy atom. The van der Waals surface area contributed by atoms with Crippen LogP contribution >= 0.6 is 12.2 Å². The molecule has 0 radical (unpaired) electrons. The number of nitrogens with one attached hydrogen (secondary N) is 1. The molecule has 0 fully saturated rings. The molecule has 4 nitrogen and oxygen atoms in total. The number of rotatable bonds is 2. The second kappa shape index (κ2) is 6.92. The number of fused-ring (bicyclic) bond motifs is 1. The van der Waals surface area contributed by atoms with Gasteiger partial charge in [0.15, 0.2) is 5.11 Å². The van der Waals surface area contributed by atoms with Gasteiger partial charge in [0.25, 0.3) is 0 Å². The summed E-state index contributed by atoms with van der Waals surface area (Å²) in [6.07, 6.45) is 5.83. The van der Waals surface area contributed by atoms with Crippen molar-refractivity contribution >= 4 is 23.0 Å². The minimum atomic E-state index is 0.0897. The van der Waals surface area contributed by atoms with Gasteiger partial charge in [-0.05, 0) is 73.1 Å². The summed E-state index contributed by atoms with van der Waals surface area (Å²) >= 11 is 5.83. The number of pyridine rings is 1. The number of anilines is 1. The van der Waals surface area contributed by atoms with Crippen LogP contribution in [0.4, 0.5) is 5.69 Å². The maximum atomic E-state index is 5.83. The zero-order chi connectivity index (χ0) is 18.1. The third-order valence-electron chi connectivity index (χ3n) is 5.17. The van der Waals surface area contributed by atoms with E-state index in [1.807, 2.05) is 12.4 Å². The van der Waals surface area contributed by atoms with E-state index in [0.717, 1.165) is 23.9 Å². The number of hydrogen-bond donors (Lipinski definition) is 1. The van der Waals surface area contributed by atoms with Gasteiger partial charge in [-0.3, -0.25) is 4.98 Å². The predicted molar refractivity (Wildman–Crippen MR) is 109 cm³/mol. The van der Waals surface area contributed by atoms with Crippen LogP contribution in [-0.2, 0) is 6.54 Å². The van der Waals surface area contributed by atoms with Crippen molar-refractivity contribution in [2.24, 2.45) is 0 Å². The zero-order valence-electron chi connectivity index (χ0n) is 15.0. The Bertz CT molecular complexity index is 932. The molecule has 4 rings (SSSR count). The van der Waals surface area contributed by atoms with Gasteiger partial charge >= 0.3 is 0 Å². The predicted octanol–water partition coefficient (Wildman–Crippen LogP) is 4.30. The molecule has 0 aliphatic carbocycles. The van der Waals surface area contributed by atoms with Crippen molar-refractivity contribution in [2.75, 3.05) is 11.9 Å². The molecule has 5 heteroatoms. The summed E-state index contributed by atoms with van der Waals surface area (Å²) < 4.78 is 2.31. The van der Waals surface area contributed by atoms with E-state index in [1.54, 1.807) is 0 Å². The van der Waals surface area contributed by atoms with Crippen LogP contribution in [0.2, 0.25) is 0 Å². The molecule has 2 aromatic heterocycles. The number of nitrogens with zero attached hydrogens (tertiary/aromatic N) is 3. The number of aromatic nitrogens is 2. The molecule has 0 unspecified atom stereocenters. The van der Waals surface area contributed by atoms with Crippen LogP contribution in [0, 0.1) is 13.8 Å². The van der Waals surface area contributed by atoms with Gasteiger partial charge in [-0.2, -0.15) is 0 Å². The van der Waals surface area contributed by atoms with Crippen LogP contribution in [0.15, 0.2) is 61.1 Å². The van der Waals surface area contributed by atoms with Crippen LogP contribution in [0.5, 0.6) is 0 Å². The third kappa shape index (κ3) is 2.99. The molecular formula is C21H22N4S. The van der Waals surface area contributed by atoms with Gasteiger partial charge in [0, 0.05) is 43.1 Å². The molecule has 0 saturated heterocycles. The summed E-state index contributed by atoms with van der Waals surface area (Å²) in [5.41, 5.74) is 6.02. The molecule has 0 amide bonds. The lowest BCUT2D eigenvalue weighted by molar-refractivity contribution is 0.293. The first-order valence-corrected chi connectivity index (χ1v) is 9.25. The van der Waals surface area contributed by atoms with Gasteiger partial charge < -0.3 is 14.8 Å². The van der Waals surface area contributed by atoms with E-state index < -0.39 is 0 Å². The summed E-state index contributed by atoms with van der Waals surface area (Å²) in [6, 6.07) is 14.8. The summed E-state index contributed by atoms with van der Waals surface area (Å²) in [6.45, 7) is 6.04. The third-order valence-corrected chi connectivity index (χ3v) is 5.50. The first kappa shape index (κ1) is 16.8. The lowest BCUT2D eigenvalue weighted by Crippen LogP contribution is -2.44. The van der Waals surface area contributed by atoms with Gasteiger partial charge in [-0.25, -0.2) is 0 Å². The van der Waals surface area contributed by atoms with E-state index in [2.05, 4.69) is 82.3 Å². The fraction of sp³-hybridized carbons (Fsp3) is 0.238. The first-order chi connectivity index (χ1) is 12.6. The van der Waals surface area contributed by atoms with E-state index >= 15 is 0 Å². The monoisotopic (exact) mass is 362 g/mol. The summed E-state index contributed by atoms with van der Waals surface area (Å²) in [5, 5.41) is 4.23. The van der Waals surface area contributed by atoms with Crippen molar-refractivity contribution in [2.45, 2.75) is 26.4 Å². The van der Waals surface area contributed by atoms with Gasteiger partial charge in [-0.1, -0.05) is 12.1 Å². The molecule has 3 heterocycles. The molecule has 0 spiro atoms. The fourth-order valence-corrected chi connectivity index (χ4v) is 3.88. The largest absolute Gasteiger partial charge is 0.348 e. The molecule has 132 valence electrons. The Morgan fingerprint density at radius 1 is 1.08 bits per heavy atom. The Balaban J connectivity index is 1.68. The summed E-state index contributed by atoms with van der Waals surface area (Å²) in [5.74, 6) is 0. The Kier molecular flexibility index (Phi) is 4.47. The molecule has 1 aliphatic rings. The van der Waals surface area contributed by atoms with E-state index in [0.29, 0.717) is 0 Å². The van der Waals surface area contributed by atoms with Crippen LogP contribution in [0.3, 0.4) is 0 Å². The van der Waals surface area contributed by atoms with Crippen molar-refractivity contribution in [3.63, 3.8) is 0 Å². The Morgan fingerprint density at radius 2 is 1.88 bits per heavy atom. The van der Waals surface area contributed by atoms with Crippen LogP contribution in [0.25, 0.3) is 0 Å². The highest BCUT2D eigenvalue weighted by Crippen LogP contribution is 2.33. The molecule has 1 aromatic carbocycles. The van der Waals surface area contributed by atoms with Crippen molar-refractivity contribution in [1.29, 1.82) is 0 Å². The minimum Gasteiger partial charge on any atom is -0.348 e. The fourth-order valence-electron chi connectivity index (χ4n) is 3.57. The zero-order valence-corrected chi connectivity index (χ0v) is 15.8. The van der Waals surface area contributed by atoms with Gasteiger partial charge in [-0.15, -0.1) is 0 Å². The summed E-state index contributed by atoms with van der Waals surface area (Å²) in [4.78, 5) is 6.45. The normalized spacial score (nSPS) is 16.2. The highest BCUT2D eigenvalue weighted by molar-refractivity contribution is 7.80. The SMILES string of the molecule is Cc1cccc(NC(=S)N2CCn3cccc3[C@H]2c2ccncc2)c1C. The average Bonchev–Trinajstić information content (AvgIpc) is 3.14. The molecule has 0 saturated carbocycles. The number of hydrogen-bond acceptors (Lipinski definition) is 2. The van der Waals surface area contributed by atoms with E-state index in [4.69, 9.17) is 12.2 Å². The topological polar surface area (TPSA) is 33.1 Å². The van der Waals surface area contributed by atoms with E-state index in [-0.39, 0.29) is 6.04 Å². The van der Waals surface area contributed by atoms with Crippen LogP contribution < -0.4 is 5.32 Å². The van der Waals surface area contributed by atoms with Gasteiger partial charge in [0.1, 0.15) is 0 Å². The molecule has 3 aromatic rings. The molecule has 1 N–H and O–H groups in total. The molecule has 26 heavy (non-hydrogen) atoms. The van der Waals surface area contributed by atoms with Gasteiger partial charge in [0.05, 0.1) is 6.04 Å². The lowest BCUT2D eigenvalue weighted by Gasteiger charge is -2.39. The van der Waals surface area contributed by atoms with Crippen LogP contribution in [0.1, 0.15) is 28.4 Å². The second-order valence-electron chi connectivity index (χ2n) is 6.68. The smallest absolute Gasteiger partial charge is 0.174 e.